The number of unbranched alkanes of at least 4 members (excludes halogenated alkanes) is 1. The molecule has 1 fully saturated rings. The second-order valence-electron chi connectivity index (χ2n) is 19.2. The lowest BCUT2D eigenvalue weighted by molar-refractivity contribution is -0.144. The van der Waals surface area contributed by atoms with Gasteiger partial charge in [0, 0.05) is 88.6 Å². The van der Waals surface area contributed by atoms with Gasteiger partial charge in [0.15, 0.2) is 0 Å². The summed E-state index contributed by atoms with van der Waals surface area (Å²) in [4.78, 5) is 141. The summed E-state index contributed by atoms with van der Waals surface area (Å²) in [5.41, 5.74) is 2.68. The van der Waals surface area contributed by atoms with Crippen molar-refractivity contribution >= 4 is 86.7 Å². The number of nitrogens with one attached hydrogen (secondary N) is 6. The number of carbonyl (C=O) groups is 10. The molecular weight excluding hydrogens is 1010 g/mol. The topological polar surface area (TPSA) is 344 Å². The molecular formula is C53H71N11O14. The number of hydrogen-bond acceptors (Lipinski definition) is 14. The number of aromatic amines is 1. The third-order valence-corrected chi connectivity index (χ3v) is 13.4. The highest BCUT2D eigenvalue weighted by molar-refractivity contribution is 6.01. The number of para-hydroxylation sites is 1. The van der Waals surface area contributed by atoms with Gasteiger partial charge in [-0.3, -0.25) is 67.5 Å². The van der Waals surface area contributed by atoms with E-state index in [1.807, 2.05) is 62.4 Å². The standard InChI is InChI=1S/C53H71N11O14/c1-4-5-14-43(52(77)59-41(26-47(68)69)51(76)56-29-45(66)57-39-16-15-35-10-6-7-11-37(35)34(39)2)60(3)53(78)42(25-36-27-54-40-13-9-8-12-38(36)40)58-44(65)28-55-46(67)30-61-17-19-62(31-48(70)71)21-23-64(33-50(74)75)24-22-63(20-18-61)32-49(72)73/h6-13,15-16,27,41-43,54H,4-5,14,17-26,28-33H2,1-3H3,(H,55,67)(H,56,76)(H,57,66)(H,58,65)(H,59,77)(H,68,69)(H,70,71)(H,72,73)(H,74,75)/t41-,42+,43?/m1/s1. The quantitative estimate of drug-likeness (QED) is 0.0395. The van der Waals surface area contributed by atoms with Gasteiger partial charge in [0.25, 0.3) is 0 Å². The number of aromatic nitrogens is 1. The van der Waals surface area contributed by atoms with Crippen LogP contribution in [0.5, 0.6) is 0 Å². The van der Waals surface area contributed by atoms with Crippen LogP contribution < -0.4 is 26.6 Å². The van der Waals surface area contributed by atoms with Crippen molar-refractivity contribution in [2.24, 2.45) is 0 Å². The third-order valence-electron chi connectivity index (χ3n) is 13.4. The number of benzene rings is 3. The molecule has 6 amide bonds. The number of carboxylic acid groups (broad SMARTS) is 4. The Morgan fingerprint density at radius 1 is 0.603 bits per heavy atom. The molecule has 422 valence electrons. The summed E-state index contributed by atoms with van der Waals surface area (Å²) in [5, 5.41) is 54.0. The van der Waals surface area contributed by atoms with Crippen LogP contribution in [0.1, 0.15) is 43.7 Å². The zero-order chi connectivity index (χ0) is 56.9. The molecule has 3 aromatic carbocycles. The van der Waals surface area contributed by atoms with E-state index in [-0.39, 0.29) is 91.4 Å². The number of aliphatic carboxylic acids is 4. The van der Waals surface area contributed by atoms with Crippen molar-refractivity contribution in [1.82, 2.24) is 50.8 Å². The van der Waals surface area contributed by atoms with Crippen LogP contribution in [0.2, 0.25) is 0 Å². The summed E-state index contributed by atoms with van der Waals surface area (Å²) in [5.74, 6) is -9.28. The van der Waals surface area contributed by atoms with Gasteiger partial charge in [0.2, 0.25) is 35.4 Å². The number of rotatable bonds is 26. The molecule has 25 heteroatoms. The molecule has 10 N–H and O–H groups in total. The molecule has 78 heavy (non-hydrogen) atoms. The first-order chi connectivity index (χ1) is 37.2. The normalized spacial score (nSPS) is 15.4. The molecule has 1 aliphatic rings. The Kier molecular flexibility index (Phi) is 23.5. The SMILES string of the molecule is CCCCC(C(=O)N[C@H](CC(=O)O)C(=O)NCC(=O)Nc1ccc2ccccc2c1C)N(C)C(=O)[C@H](Cc1c[nH]c2ccccc12)NC(=O)CNC(=O)CN1CCN(CC(=O)O)CCN(CC(=O)O)CCN(CC(=O)O)CC1. The summed E-state index contributed by atoms with van der Waals surface area (Å²) < 4.78 is 0. The van der Waals surface area contributed by atoms with E-state index in [1.165, 1.54) is 7.05 Å². The molecule has 25 nitrogen and oxygen atoms in total. The van der Waals surface area contributed by atoms with Crippen LogP contribution in [0.25, 0.3) is 21.7 Å². The van der Waals surface area contributed by atoms with Crippen molar-refractivity contribution in [3.8, 4) is 0 Å². The number of hydrogen-bond donors (Lipinski definition) is 10. The van der Waals surface area contributed by atoms with Crippen molar-refractivity contribution in [2.75, 3.05) is 104 Å². The zero-order valence-electron chi connectivity index (χ0n) is 44.1. The van der Waals surface area contributed by atoms with Gasteiger partial charge in [-0.2, -0.15) is 0 Å². The monoisotopic (exact) mass is 1090 g/mol. The first-order valence-electron chi connectivity index (χ1n) is 25.7. The maximum atomic E-state index is 14.7. The maximum absolute atomic E-state index is 14.7. The molecule has 3 atom stereocenters. The first-order valence-corrected chi connectivity index (χ1v) is 25.7. The van der Waals surface area contributed by atoms with Crippen molar-refractivity contribution in [1.29, 1.82) is 0 Å². The smallest absolute Gasteiger partial charge is 0.317 e. The van der Waals surface area contributed by atoms with E-state index in [0.717, 1.165) is 32.1 Å². The van der Waals surface area contributed by atoms with Gasteiger partial charge < -0.3 is 56.9 Å². The number of carbonyl (C=O) groups excluding carboxylic acids is 6. The highest BCUT2D eigenvalue weighted by Crippen LogP contribution is 2.25. The van der Waals surface area contributed by atoms with Crippen LogP contribution >= 0.6 is 0 Å². The Hall–Kier alpha value is -8.00. The summed E-state index contributed by atoms with van der Waals surface area (Å²) in [6, 6.07) is 14.1. The number of nitrogens with zero attached hydrogens (tertiary/aromatic N) is 5. The van der Waals surface area contributed by atoms with Gasteiger partial charge >= 0.3 is 23.9 Å². The summed E-state index contributed by atoms with van der Waals surface area (Å²) in [6.07, 6.45) is 1.82. The second kappa shape index (κ2) is 30.1. The molecule has 0 saturated carbocycles. The first kappa shape index (κ1) is 60.9. The minimum Gasteiger partial charge on any atom is -0.481 e. The van der Waals surface area contributed by atoms with Crippen molar-refractivity contribution < 1.29 is 68.4 Å². The Bertz CT molecular complexity index is 2760. The number of anilines is 1. The predicted molar refractivity (Wildman–Crippen MR) is 286 cm³/mol. The Labute approximate surface area is 450 Å². The number of H-pyrrole nitrogens is 1. The molecule has 0 radical (unpaired) electrons. The number of fused-ring (bicyclic) bond motifs is 2. The van der Waals surface area contributed by atoms with Gasteiger partial charge in [0.1, 0.15) is 18.1 Å². The lowest BCUT2D eigenvalue weighted by atomic mass is 10.0. The molecule has 0 spiro atoms. The van der Waals surface area contributed by atoms with Crippen molar-refractivity contribution in [2.45, 2.75) is 64.1 Å². The fourth-order valence-electron chi connectivity index (χ4n) is 9.19. The fraction of sp³-hybridized carbons (Fsp3) is 0.472. The lowest BCUT2D eigenvalue weighted by Gasteiger charge is -2.33. The maximum Gasteiger partial charge on any atom is 0.317 e. The Morgan fingerprint density at radius 2 is 1.14 bits per heavy atom. The molecule has 1 unspecified atom stereocenters. The van der Waals surface area contributed by atoms with E-state index in [0.29, 0.717) is 24.1 Å². The van der Waals surface area contributed by atoms with E-state index >= 15 is 0 Å². The second-order valence-corrected chi connectivity index (χ2v) is 19.2. The Morgan fingerprint density at radius 3 is 1.71 bits per heavy atom. The largest absolute Gasteiger partial charge is 0.481 e. The fourth-order valence-corrected chi connectivity index (χ4v) is 9.19. The average Bonchev–Trinajstić information content (AvgIpc) is 3.81. The lowest BCUT2D eigenvalue weighted by Crippen LogP contribution is -2.58. The molecule has 0 aliphatic carbocycles. The molecule has 0 bridgehead atoms. The van der Waals surface area contributed by atoms with Gasteiger partial charge in [-0.1, -0.05) is 68.3 Å². The van der Waals surface area contributed by atoms with Crippen LogP contribution in [0.15, 0.2) is 66.9 Å². The van der Waals surface area contributed by atoms with E-state index < -0.39 is 97.0 Å². The van der Waals surface area contributed by atoms with Crippen LogP contribution in [0.3, 0.4) is 0 Å². The van der Waals surface area contributed by atoms with Gasteiger partial charge in [-0.15, -0.1) is 0 Å². The number of carboxylic acids is 4. The molecule has 1 aliphatic heterocycles. The third kappa shape index (κ3) is 19.2. The van der Waals surface area contributed by atoms with E-state index in [1.54, 1.807) is 37.9 Å². The van der Waals surface area contributed by atoms with Gasteiger partial charge in [0.05, 0.1) is 45.7 Å². The van der Waals surface area contributed by atoms with E-state index in [4.69, 9.17) is 0 Å². The highest BCUT2D eigenvalue weighted by atomic mass is 16.4. The summed E-state index contributed by atoms with van der Waals surface area (Å²) >= 11 is 0. The number of likely N-dealkylation sites (N-methyl/N-ethyl adjacent to an activating group) is 1. The molecule has 1 saturated heterocycles. The van der Waals surface area contributed by atoms with Crippen LogP contribution in [-0.2, 0) is 54.4 Å². The average molecular weight is 1090 g/mol. The number of aryl methyl sites for hydroxylation is 1. The van der Waals surface area contributed by atoms with E-state index in [2.05, 4.69) is 31.6 Å². The highest BCUT2D eigenvalue weighted by Gasteiger charge is 2.35. The minimum atomic E-state index is -1.66. The molecule has 1 aromatic heterocycles. The molecule has 5 rings (SSSR count). The van der Waals surface area contributed by atoms with Crippen LogP contribution in [0, 0.1) is 6.92 Å². The zero-order valence-corrected chi connectivity index (χ0v) is 44.1. The van der Waals surface area contributed by atoms with Crippen LogP contribution in [0.4, 0.5) is 5.69 Å². The van der Waals surface area contributed by atoms with Crippen LogP contribution in [-0.4, -0.2) is 226 Å². The summed E-state index contributed by atoms with van der Waals surface area (Å²) in [6.45, 7) is 2.54. The van der Waals surface area contributed by atoms with E-state index in [9.17, 15) is 68.4 Å². The minimum absolute atomic E-state index is 0.0745. The van der Waals surface area contributed by atoms with Gasteiger partial charge in [-0.05, 0) is 47.4 Å². The molecule has 2 heterocycles. The van der Waals surface area contributed by atoms with Crippen molar-refractivity contribution in [3.63, 3.8) is 0 Å². The summed E-state index contributed by atoms with van der Waals surface area (Å²) in [7, 11) is 1.35. The predicted octanol–water partition coefficient (Wildman–Crippen LogP) is -0.0200. The number of amides is 6. The van der Waals surface area contributed by atoms with Crippen molar-refractivity contribution in [3.05, 3.63) is 78.0 Å². The van der Waals surface area contributed by atoms with Gasteiger partial charge in [-0.25, -0.2) is 0 Å². The molecule has 4 aromatic rings. The Balaban J connectivity index is 1.28.